The Bertz CT molecular complexity index is 865. The fourth-order valence-electron chi connectivity index (χ4n) is 2.16. The minimum atomic E-state index is -0.437. The zero-order chi connectivity index (χ0) is 16.9. The number of aromatic nitrogens is 2. The van der Waals surface area contributed by atoms with Gasteiger partial charge < -0.3 is 10.6 Å². The number of anilines is 2. The van der Waals surface area contributed by atoms with Gasteiger partial charge in [0.05, 0.1) is 29.1 Å². The SMILES string of the molecule is O=C(Nc1cnn(Cc2ccccc2F)c1)Nc1ccccc1Cl. The summed E-state index contributed by atoms with van der Waals surface area (Å²) in [7, 11) is 0. The molecule has 5 nitrogen and oxygen atoms in total. The zero-order valence-electron chi connectivity index (χ0n) is 12.5. The Balaban J connectivity index is 1.63. The van der Waals surface area contributed by atoms with Crippen molar-refractivity contribution in [2.24, 2.45) is 0 Å². The van der Waals surface area contributed by atoms with E-state index in [0.29, 0.717) is 22.0 Å². The van der Waals surface area contributed by atoms with Crippen LogP contribution in [-0.2, 0) is 6.54 Å². The molecular weight excluding hydrogens is 331 g/mol. The fraction of sp³-hybridized carbons (Fsp3) is 0.0588. The molecule has 122 valence electrons. The molecule has 0 fully saturated rings. The number of amides is 2. The first-order chi connectivity index (χ1) is 11.6. The van der Waals surface area contributed by atoms with Gasteiger partial charge in [-0.15, -0.1) is 0 Å². The molecule has 0 saturated heterocycles. The van der Waals surface area contributed by atoms with E-state index < -0.39 is 6.03 Å². The quantitative estimate of drug-likeness (QED) is 0.738. The summed E-state index contributed by atoms with van der Waals surface area (Å²) in [6.45, 7) is 0.278. The highest BCUT2D eigenvalue weighted by atomic mass is 35.5. The average Bonchev–Trinajstić information content (AvgIpc) is 2.99. The Labute approximate surface area is 143 Å². The van der Waals surface area contributed by atoms with E-state index in [2.05, 4.69) is 15.7 Å². The summed E-state index contributed by atoms with van der Waals surface area (Å²) in [5.74, 6) is -0.293. The molecule has 0 saturated carbocycles. The van der Waals surface area contributed by atoms with E-state index in [1.165, 1.54) is 12.3 Å². The lowest BCUT2D eigenvalue weighted by Crippen LogP contribution is -2.19. The van der Waals surface area contributed by atoms with Gasteiger partial charge in [0.2, 0.25) is 0 Å². The average molecular weight is 345 g/mol. The maximum atomic E-state index is 13.6. The number of nitrogens with one attached hydrogen (secondary N) is 2. The molecule has 0 radical (unpaired) electrons. The normalized spacial score (nSPS) is 10.4. The first kappa shape index (κ1) is 16.0. The monoisotopic (exact) mass is 344 g/mol. The Hall–Kier alpha value is -2.86. The molecule has 0 aliphatic carbocycles. The number of rotatable bonds is 4. The first-order valence-corrected chi connectivity index (χ1v) is 7.58. The molecule has 1 heterocycles. The number of urea groups is 1. The summed E-state index contributed by atoms with van der Waals surface area (Å²) in [6, 6.07) is 13.0. The fourth-order valence-corrected chi connectivity index (χ4v) is 2.35. The van der Waals surface area contributed by atoms with Crippen LogP contribution in [0, 0.1) is 5.82 Å². The van der Waals surface area contributed by atoms with E-state index in [4.69, 9.17) is 11.6 Å². The van der Waals surface area contributed by atoms with E-state index in [0.717, 1.165) is 0 Å². The Kier molecular flexibility index (Phi) is 4.77. The van der Waals surface area contributed by atoms with Crippen LogP contribution in [0.25, 0.3) is 0 Å². The standard InChI is InChI=1S/C17H14ClFN4O/c18-14-6-2-4-8-16(14)22-17(24)21-13-9-20-23(11-13)10-12-5-1-3-7-15(12)19/h1-9,11H,10H2,(H2,21,22,24). The van der Waals surface area contributed by atoms with E-state index >= 15 is 0 Å². The Morgan fingerprint density at radius 1 is 1.12 bits per heavy atom. The van der Waals surface area contributed by atoms with Crippen LogP contribution in [0.5, 0.6) is 0 Å². The van der Waals surface area contributed by atoms with Crippen LogP contribution < -0.4 is 10.6 Å². The minimum absolute atomic E-state index is 0.278. The highest BCUT2D eigenvalue weighted by Crippen LogP contribution is 2.20. The number of carbonyl (C=O) groups is 1. The number of halogens is 2. The van der Waals surface area contributed by atoms with Gasteiger partial charge in [-0.1, -0.05) is 41.9 Å². The van der Waals surface area contributed by atoms with Crippen molar-refractivity contribution in [1.82, 2.24) is 9.78 Å². The summed E-state index contributed by atoms with van der Waals surface area (Å²) in [4.78, 5) is 12.0. The maximum absolute atomic E-state index is 13.6. The van der Waals surface area contributed by atoms with Crippen molar-refractivity contribution in [3.8, 4) is 0 Å². The molecule has 0 atom stereocenters. The molecule has 24 heavy (non-hydrogen) atoms. The molecule has 0 spiro atoms. The van der Waals surface area contributed by atoms with Crippen LogP contribution in [0.15, 0.2) is 60.9 Å². The van der Waals surface area contributed by atoms with Gasteiger partial charge in [0.1, 0.15) is 5.82 Å². The molecule has 2 N–H and O–H groups in total. The highest BCUT2D eigenvalue weighted by molar-refractivity contribution is 6.33. The number of benzene rings is 2. The number of nitrogens with zero attached hydrogens (tertiary/aromatic N) is 2. The van der Waals surface area contributed by atoms with Crippen molar-refractivity contribution in [1.29, 1.82) is 0 Å². The first-order valence-electron chi connectivity index (χ1n) is 7.20. The van der Waals surface area contributed by atoms with Gasteiger partial charge in [-0.25, -0.2) is 9.18 Å². The highest BCUT2D eigenvalue weighted by Gasteiger charge is 2.08. The van der Waals surface area contributed by atoms with Crippen LogP contribution in [0.2, 0.25) is 5.02 Å². The van der Waals surface area contributed by atoms with Crippen LogP contribution in [0.1, 0.15) is 5.56 Å². The third-order valence-corrected chi connectivity index (χ3v) is 3.63. The van der Waals surface area contributed by atoms with Gasteiger partial charge in [-0.2, -0.15) is 5.10 Å². The van der Waals surface area contributed by atoms with Crippen LogP contribution in [-0.4, -0.2) is 15.8 Å². The van der Waals surface area contributed by atoms with Crippen molar-refractivity contribution < 1.29 is 9.18 Å². The number of carbonyl (C=O) groups excluding carboxylic acids is 1. The van der Waals surface area contributed by atoms with Gasteiger partial charge in [0.15, 0.2) is 0 Å². The third-order valence-electron chi connectivity index (χ3n) is 3.30. The Morgan fingerprint density at radius 2 is 1.88 bits per heavy atom. The lowest BCUT2D eigenvalue weighted by molar-refractivity contribution is 0.262. The van der Waals surface area contributed by atoms with E-state index in [1.807, 2.05) is 0 Å². The summed E-state index contributed by atoms with van der Waals surface area (Å²) in [5, 5.41) is 9.86. The van der Waals surface area contributed by atoms with Crippen LogP contribution in [0.4, 0.5) is 20.6 Å². The van der Waals surface area contributed by atoms with Crippen molar-refractivity contribution in [3.05, 3.63) is 77.3 Å². The predicted molar refractivity (Wildman–Crippen MR) is 91.8 cm³/mol. The predicted octanol–water partition coefficient (Wildman–Crippen LogP) is 4.37. The van der Waals surface area contributed by atoms with E-state index in [-0.39, 0.29) is 12.4 Å². The molecule has 0 unspecified atom stereocenters. The third kappa shape index (κ3) is 3.91. The van der Waals surface area contributed by atoms with E-state index in [1.54, 1.807) is 53.3 Å². The zero-order valence-corrected chi connectivity index (χ0v) is 13.3. The molecule has 0 aliphatic rings. The van der Waals surface area contributed by atoms with Gasteiger partial charge >= 0.3 is 6.03 Å². The lowest BCUT2D eigenvalue weighted by Gasteiger charge is -2.07. The van der Waals surface area contributed by atoms with Crippen LogP contribution >= 0.6 is 11.6 Å². The maximum Gasteiger partial charge on any atom is 0.323 e. The molecule has 2 amide bonds. The van der Waals surface area contributed by atoms with Gasteiger partial charge in [-0.05, 0) is 18.2 Å². The van der Waals surface area contributed by atoms with Crippen molar-refractivity contribution in [2.75, 3.05) is 10.6 Å². The van der Waals surface area contributed by atoms with Crippen molar-refractivity contribution in [2.45, 2.75) is 6.54 Å². The number of hydrogen-bond donors (Lipinski definition) is 2. The van der Waals surface area contributed by atoms with E-state index in [9.17, 15) is 9.18 Å². The molecule has 3 rings (SSSR count). The number of para-hydroxylation sites is 1. The van der Waals surface area contributed by atoms with Gasteiger partial charge in [0.25, 0.3) is 0 Å². The summed E-state index contributed by atoms with van der Waals surface area (Å²) in [6.07, 6.45) is 3.12. The smallest absolute Gasteiger partial charge is 0.306 e. The molecule has 2 aromatic carbocycles. The molecule has 0 bridgehead atoms. The largest absolute Gasteiger partial charge is 0.323 e. The molecular formula is C17H14ClFN4O. The van der Waals surface area contributed by atoms with Gasteiger partial charge in [-0.3, -0.25) is 4.68 Å². The van der Waals surface area contributed by atoms with Crippen molar-refractivity contribution in [3.63, 3.8) is 0 Å². The molecule has 7 heteroatoms. The Morgan fingerprint density at radius 3 is 2.67 bits per heavy atom. The topological polar surface area (TPSA) is 59.0 Å². The lowest BCUT2D eigenvalue weighted by atomic mass is 10.2. The number of hydrogen-bond acceptors (Lipinski definition) is 2. The minimum Gasteiger partial charge on any atom is -0.306 e. The van der Waals surface area contributed by atoms with Gasteiger partial charge in [0, 0.05) is 11.8 Å². The summed E-state index contributed by atoms with van der Waals surface area (Å²) in [5.41, 5.74) is 1.53. The summed E-state index contributed by atoms with van der Waals surface area (Å²) >= 11 is 5.99. The van der Waals surface area contributed by atoms with Crippen molar-refractivity contribution >= 4 is 29.0 Å². The second kappa shape index (κ2) is 7.14. The molecule has 3 aromatic rings. The summed E-state index contributed by atoms with van der Waals surface area (Å²) < 4.78 is 15.2. The van der Waals surface area contributed by atoms with Crippen LogP contribution in [0.3, 0.4) is 0 Å². The second-order valence-corrected chi connectivity index (χ2v) is 5.48. The molecule has 1 aromatic heterocycles. The molecule has 0 aliphatic heterocycles. The second-order valence-electron chi connectivity index (χ2n) is 5.08.